The van der Waals surface area contributed by atoms with Crippen LogP contribution in [0, 0.1) is 0 Å². The van der Waals surface area contributed by atoms with Crippen LogP contribution in [0.15, 0.2) is 30.3 Å². The predicted molar refractivity (Wildman–Crippen MR) is 51.9 cm³/mol. The van der Waals surface area contributed by atoms with Gasteiger partial charge in [0.05, 0.1) is 7.11 Å². The first-order valence-corrected chi connectivity index (χ1v) is 4.60. The molecule has 0 unspecified atom stereocenters. The van der Waals surface area contributed by atoms with E-state index < -0.39 is 0 Å². The first-order valence-electron chi connectivity index (χ1n) is 3.83. The molecule has 1 aromatic carbocycles. The Kier molecular flexibility index (Phi) is 2.23. The van der Waals surface area contributed by atoms with Crippen LogP contribution in [0.4, 0.5) is 0 Å². The number of methoxy groups -OCH3 is 1. The van der Waals surface area contributed by atoms with Gasteiger partial charge in [0, 0.05) is 5.56 Å². The van der Waals surface area contributed by atoms with Crippen LogP contribution in [0.5, 0.6) is 6.01 Å². The summed E-state index contributed by atoms with van der Waals surface area (Å²) >= 11 is 1.34. The SMILES string of the molecule is COc1nsc(-c2ccccc2)n1. The highest BCUT2D eigenvalue weighted by molar-refractivity contribution is 7.09. The van der Waals surface area contributed by atoms with E-state index in [9.17, 15) is 0 Å². The van der Waals surface area contributed by atoms with E-state index in [2.05, 4.69) is 9.36 Å². The third-order valence-corrected chi connectivity index (χ3v) is 2.36. The second-order valence-electron chi connectivity index (χ2n) is 2.45. The molecule has 0 bridgehead atoms. The molecule has 0 aliphatic heterocycles. The Morgan fingerprint density at radius 1 is 1.23 bits per heavy atom. The maximum Gasteiger partial charge on any atom is 0.328 e. The molecule has 0 atom stereocenters. The van der Waals surface area contributed by atoms with E-state index in [1.165, 1.54) is 11.5 Å². The molecule has 3 nitrogen and oxygen atoms in total. The van der Waals surface area contributed by atoms with Gasteiger partial charge in [-0.3, -0.25) is 0 Å². The van der Waals surface area contributed by atoms with Crippen LogP contribution < -0.4 is 4.74 Å². The van der Waals surface area contributed by atoms with Crippen molar-refractivity contribution in [1.82, 2.24) is 9.36 Å². The van der Waals surface area contributed by atoms with Crippen molar-refractivity contribution in [3.05, 3.63) is 30.3 Å². The third-order valence-electron chi connectivity index (χ3n) is 1.61. The maximum absolute atomic E-state index is 4.90. The van der Waals surface area contributed by atoms with Crippen molar-refractivity contribution in [2.24, 2.45) is 0 Å². The van der Waals surface area contributed by atoms with Crippen LogP contribution in [0.2, 0.25) is 0 Å². The van der Waals surface area contributed by atoms with Crippen molar-refractivity contribution in [3.8, 4) is 16.6 Å². The van der Waals surface area contributed by atoms with Crippen LogP contribution >= 0.6 is 11.5 Å². The molecule has 0 radical (unpaired) electrons. The zero-order valence-electron chi connectivity index (χ0n) is 7.10. The minimum Gasteiger partial charge on any atom is -0.466 e. The highest BCUT2D eigenvalue weighted by Crippen LogP contribution is 2.22. The van der Waals surface area contributed by atoms with Crippen LogP contribution in [0.1, 0.15) is 0 Å². The summed E-state index contributed by atoms with van der Waals surface area (Å²) < 4.78 is 8.92. The monoisotopic (exact) mass is 192 g/mol. The van der Waals surface area contributed by atoms with Gasteiger partial charge in [-0.1, -0.05) is 30.3 Å². The topological polar surface area (TPSA) is 35.0 Å². The summed E-state index contributed by atoms with van der Waals surface area (Å²) in [7, 11) is 1.57. The molecule has 0 aliphatic carbocycles. The summed E-state index contributed by atoms with van der Waals surface area (Å²) in [4.78, 5) is 4.18. The van der Waals surface area contributed by atoms with Crippen molar-refractivity contribution in [2.45, 2.75) is 0 Å². The number of aromatic nitrogens is 2. The summed E-state index contributed by atoms with van der Waals surface area (Å²) in [5.74, 6) is 0. The highest BCUT2D eigenvalue weighted by Gasteiger charge is 2.04. The first kappa shape index (κ1) is 8.19. The Morgan fingerprint density at radius 3 is 2.62 bits per heavy atom. The van der Waals surface area contributed by atoms with Crippen LogP contribution in [-0.2, 0) is 0 Å². The van der Waals surface area contributed by atoms with Crippen molar-refractivity contribution < 1.29 is 4.74 Å². The molecule has 2 rings (SSSR count). The largest absolute Gasteiger partial charge is 0.466 e. The molecular formula is C9H8N2OS. The van der Waals surface area contributed by atoms with E-state index in [0.29, 0.717) is 6.01 Å². The minimum absolute atomic E-state index is 0.434. The minimum atomic E-state index is 0.434. The molecule has 2 aromatic rings. The van der Waals surface area contributed by atoms with Gasteiger partial charge in [-0.2, -0.15) is 4.98 Å². The lowest BCUT2D eigenvalue weighted by Crippen LogP contribution is -1.83. The Labute approximate surface area is 80.2 Å². The molecule has 66 valence electrons. The molecule has 0 N–H and O–H groups in total. The zero-order valence-corrected chi connectivity index (χ0v) is 7.91. The smallest absolute Gasteiger partial charge is 0.328 e. The standard InChI is InChI=1S/C9H8N2OS/c1-12-9-10-8(13-11-9)7-5-3-2-4-6-7/h2-6H,1H3. The summed E-state index contributed by atoms with van der Waals surface area (Å²) in [6.45, 7) is 0. The fraction of sp³-hybridized carbons (Fsp3) is 0.111. The van der Waals surface area contributed by atoms with Crippen LogP contribution in [-0.4, -0.2) is 16.5 Å². The number of hydrogen-bond acceptors (Lipinski definition) is 4. The molecule has 13 heavy (non-hydrogen) atoms. The fourth-order valence-electron chi connectivity index (χ4n) is 0.991. The van der Waals surface area contributed by atoms with Gasteiger partial charge in [0.15, 0.2) is 0 Å². The van der Waals surface area contributed by atoms with Gasteiger partial charge in [-0.15, -0.1) is 4.37 Å². The summed E-state index contributed by atoms with van der Waals surface area (Å²) in [6, 6.07) is 10.4. The van der Waals surface area contributed by atoms with Gasteiger partial charge < -0.3 is 4.74 Å². The maximum atomic E-state index is 4.90. The van der Waals surface area contributed by atoms with Gasteiger partial charge in [0.25, 0.3) is 0 Å². The number of nitrogens with zero attached hydrogens (tertiary/aromatic N) is 2. The van der Waals surface area contributed by atoms with Gasteiger partial charge in [0.2, 0.25) is 0 Å². The van der Waals surface area contributed by atoms with Crippen LogP contribution in [0.25, 0.3) is 10.6 Å². The molecule has 0 amide bonds. The van der Waals surface area contributed by atoms with Crippen molar-refractivity contribution >= 4 is 11.5 Å². The second kappa shape index (κ2) is 3.53. The normalized spacial score (nSPS) is 9.92. The van der Waals surface area contributed by atoms with Crippen molar-refractivity contribution in [2.75, 3.05) is 7.11 Å². The molecule has 0 saturated heterocycles. The van der Waals surface area contributed by atoms with Gasteiger partial charge >= 0.3 is 6.01 Å². The zero-order chi connectivity index (χ0) is 9.10. The molecule has 0 fully saturated rings. The quantitative estimate of drug-likeness (QED) is 0.731. The molecule has 4 heteroatoms. The molecule has 1 aromatic heterocycles. The van der Waals surface area contributed by atoms with Crippen molar-refractivity contribution in [3.63, 3.8) is 0 Å². The lowest BCUT2D eigenvalue weighted by Gasteiger charge is -1.91. The van der Waals surface area contributed by atoms with Gasteiger partial charge in [-0.25, -0.2) is 0 Å². The lowest BCUT2D eigenvalue weighted by molar-refractivity contribution is 0.386. The van der Waals surface area contributed by atoms with E-state index in [-0.39, 0.29) is 0 Å². The van der Waals surface area contributed by atoms with Crippen LogP contribution in [0.3, 0.4) is 0 Å². The Morgan fingerprint density at radius 2 is 2.00 bits per heavy atom. The number of rotatable bonds is 2. The summed E-state index contributed by atoms with van der Waals surface area (Å²) in [6.07, 6.45) is 0. The molecule has 0 saturated carbocycles. The Bertz CT molecular complexity index is 386. The Balaban J connectivity index is 2.36. The highest BCUT2D eigenvalue weighted by atomic mass is 32.1. The fourth-order valence-corrected chi connectivity index (χ4v) is 1.63. The Hall–Kier alpha value is -1.42. The summed E-state index contributed by atoms with van der Waals surface area (Å²) in [5.41, 5.74) is 1.07. The predicted octanol–water partition coefficient (Wildman–Crippen LogP) is 2.21. The number of benzene rings is 1. The molecule has 1 heterocycles. The van der Waals surface area contributed by atoms with Gasteiger partial charge in [-0.05, 0) is 11.5 Å². The third kappa shape index (κ3) is 1.67. The average molecular weight is 192 g/mol. The van der Waals surface area contributed by atoms with Gasteiger partial charge in [0.1, 0.15) is 5.01 Å². The molecule has 0 aliphatic rings. The average Bonchev–Trinajstić information content (AvgIpc) is 2.67. The number of ether oxygens (including phenoxy) is 1. The van der Waals surface area contributed by atoms with E-state index in [4.69, 9.17) is 4.74 Å². The summed E-state index contributed by atoms with van der Waals surface area (Å²) in [5, 5.41) is 0.887. The first-order chi connectivity index (χ1) is 6.40. The molecular weight excluding hydrogens is 184 g/mol. The lowest BCUT2D eigenvalue weighted by atomic mass is 10.2. The van der Waals surface area contributed by atoms with E-state index >= 15 is 0 Å². The van der Waals surface area contributed by atoms with E-state index in [1.807, 2.05) is 30.3 Å². The van der Waals surface area contributed by atoms with Crippen molar-refractivity contribution in [1.29, 1.82) is 0 Å². The van der Waals surface area contributed by atoms with E-state index in [0.717, 1.165) is 10.6 Å². The van der Waals surface area contributed by atoms with E-state index in [1.54, 1.807) is 7.11 Å². The number of hydrogen-bond donors (Lipinski definition) is 0. The second-order valence-corrected chi connectivity index (χ2v) is 3.20. The molecule has 0 spiro atoms.